The molecule has 1 unspecified atom stereocenters. The van der Waals surface area contributed by atoms with E-state index in [1.807, 2.05) is 4.90 Å². The summed E-state index contributed by atoms with van der Waals surface area (Å²) < 4.78 is 0. The van der Waals surface area contributed by atoms with Gasteiger partial charge in [0.25, 0.3) is 0 Å². The fraction of sp³-hybridized carbons (Fsp3) is 0.923. The van der Waals surface area contributed by atoms with E-state index < -0.39 is 0 Å². The Labute approximate surface area is 99.8 Å². The first kappa shape index (κ1) is 13.5. The van der Waals surface area contributed by atoms with Gasteiger partial charge in [0.1, 0.15) is 0 Å². The third-order valence-corrected chi connectivity index (χ3v) is 3.48. The molecule has 1 saturated heterocycles. The second kappa shape index (κ2) is 6.89. The van der Waals surface area contributed by atoms with E-state index in [2.05, 4.69) is 25.7 Å². The van der Waals surface area contributed by atoms with Crippen molar-refractivity contribution in [2.45, 2.75) is 40.0 Å². The van der Waals surface area contributed by atoms with E-state index in [9.17, 15) is 4.79 Å². The zero-order valence-corrected chi connectivity index (χ0v) is 11.0. The van der Waals surface area contributed by atoms with Gasteiger partial charge in [-0.3, -0.25) is 9.69 Å². The van der Waals surface area contributed by atoms with Crippen molar-refractivity contribution >= 4 is 5.91 Å². The number of carbonyl (C=O) groups excluding carboxylic acids is 1. The molecule has 0 aliphatic carbocycles. The van der Waals surface area contributed by atoms with Gasteiger partial charge in [-0.25, -0.2) is 0 Å². The molecular weight excluding hydrogens is 200 g/mol. The van der Waals surface area contributed by atoms with Crippen molar-refractivity contribution in [3.8, 4) is 0 Å². The van der Waals surface area contributed by atoms with Crippen molar-refractivity contribution in [2.24, 2.45) is 5.92 Å². The first-order chi connectivity index (χ1) is 7.67. The average Bonchev–Trinajstić information content (AvgIpc) is 2.30. The maximum Gasteiger partial charge on any atom is 0.222 e. The summed E-state index contributed by atoms with van der Waals surface area (Å²) in [5.74, 6) is 0.881. The Morgan fingerprint density at radius 3 is 2.31 bits per heavy atom. The van der Waals surface area contributed by atoms with Gasteiger partial charge in [-0.15, -0.1) is 0 Å². The van der Waals surface area contributed by atoms with Gasteiger partial charge in [0.05, 0.1) is 0 Å². The number of nitrogens with zero attached hydrogens (tertiary/aromatic N) is 2. The van der Waals surface area contributed by atoms with E-state index in [1.54, 1.807) is 0 Å². The molecule has 0 radical (unpaired) electrons. The molecule has 3 nitrogen and oxygen atoms in total. The summed E-state index contributed by atoms with van der Waals surface area (Å²) in [6.45, 7) is 11.7. The lowest BCUT2D eigenvalue weighted by molar-refractivity contribution is -0.133. The van der Waals surface area contributed by atoms with E-state index >= 15 is 0 Å². The molecule has 1 aliphatic rings. The molecule has 0 N–H and O–H groups in total. The van der Waals surface area contributed by atoms with Crippen molar-refractivity contribution < 1.29 is 4.79 Å². The van der Waals surface area contributed by atoms with Gasteiger partial charge in [-0.1, -0.05) is 27.2 Å². The van der Waals surface area contributed by atoms with E-state index in [-0.39, 0.29) is 0 Å². The van der Waals surface area contributed by atoms with E-state index in [0.717, 1.165) is 39.0 Å². The van der Waals surface area contributed by atoms with Crippen molar-refractivity contribution in [3.63, 3.8) is 0 Å². The normalized spacial score (nSPS) is 19.8. The topological polar surface area (TPSA) is 23.6 Å². The minimum absolute atomic E-state index is 0.352. The van der Waals surface area contributed by atoms with Crippen LogP contribution in [0.15, 0.2) is 0 Å². The standard InChI is InChI=1S/C13H26N2O/c1-4-6-14-7-9-15(10-8-14)13(16)11-12(3)5-2/h12H,4-11H2,1-3H3. The minimum Gasteiger partial charge on any atom is -0.340 e. The van der Waals surface area contributed by atoms with Crippen LogP contribution < -0.4 is 0 Å². The molecule has 94 valence electrons. The number of hydrogen-bond acceptors (Lipinski definition) is 2. The second-order valence-corrected chi connectivity index (χ2v) is 4.94. The molecular formula is C13H26N2O. The first-order valence-corrected chi connectivity index (χ1v) is 6.67. The fourth-order valence-corrected chi connectivity index (χ4v) is 2.11. The van der Waals surface area contributed by atoms with Gasteiger partial charge in [-0.2, -0.15) is 0 Å². The van der Waals surface area contributed by atoms with Gasteiger partial charge < -0.3 is 4.90 Å². The lowest BCUT2D eigenvalue weighted by Crippen LogP contribution is -2.49. The third-order valence-electron chi connectivity index (χ3n) is 3.48. The summed E-state index contributed by atoms with van der Waals surface area (Å²) in [4.78, 5) is 16.4. The Morgan fingerprint density at radius 1 is 1.19 bits per heavy atom. The highest BCUT2D eigenvalue weighted by molar-refractivity contribution is 5.76. The van der Waals surface area contributed by atoms with E-state index in [0.29, 0.717) is 11.8 Å². The summed E-state index contributed by atoms with van der Waals surface area (Å²) in [6.07, 6.45) is 3.03. The molecule has 0 saturated carbocycles. The van der Waals surface area contributed by atoms with Crippen LogP contribution in [0.2, 0.25) is 0 Å². The number of piperazine rings is 1. The first-order valence-electron chi connectivity index (χ1n) is 6.67. The SMILES string of the molecule is CCCN1CCN(C(=O)CC(C)CC)CC1. The summed E-state index contributed by atoms with van der Waals surface area (Å²) in [5.41, 5.74) is 0. The lowest BCUT2D eigenvalue weighted by Gasteiger charge is -2.35. The van der Waals surface area contributed by atoms with Gasteiger partial charge >= 0.3 is 0 Å². The Morgan fingerprint density at radius 2 is 1.81 bits per heavy atom. The van der Waals surface area contributed by atoms with E-state index in [4.69, 9.17) is 0 Å². The maximum atomic E-state index is 11.9. The summed E-state index contributed by atoms with van der Waals surface area (Å²) >= 11 is 0. The average molecular weight is 226 g/mol. The number of hydrogen-bond donors (Lipinski definition) is 0. The molecule has 1 fully saturated rings. The summed E-state index contributed by atoms with van der Waals surface area (Å²) in [5, 5.41) is 0. The zero-order valence-electron chi connectivity index (χ0n) is 11.0. The van der Waals surface area contributed by atoms with Crippen LogP contribution in [0.1, 0.15) is 40.0 Å². The van der Waals surface area contributed by atoms with Crippen molar-refractivity contribution in [3.05, 3.63) is 0 Å². The van der Waals surface area contributed by atoms with Crippen LogP contribution in [0.25, 0.3) is 0 Å². The van der Waals surface area contributed by atoms with Gasteiger partial charge in [0, 0.05) is 32.6 Å². The Balaban J connectivity index is 2.27. The molecule has 0 aromatic carbocycles. The summed E-state index contributed by atoms with van der Waals surface area (Å²) in [6, 6.07) is 0. The van der Waals surface area contributed by atoms with Crippen LogP contribution in [0.3, 0.4) is 0 Å². The number of carbonyl (C=O) groups is 1. The van der Waals surface area contributed by atoms with Gasteiger partial charge in [-0.05, 0) is 18.9 Å². The molecule has 0 aromatic heterocycles. The molecule has 3 heteroatoms. The van der Waals surface area contributed by atoms with Crippen LogP contribution in [-0.2, 0) is 4.79 Å². The molecule has 0 spiro atoms. The second-order valence-electron chi connectivity index (χ2n) is 4.94. The van der Waals surface area contributed by atoms with Crippen LogP contribution >= 0.6 is 0 Å². The highest BCUT2D eigenvalue weighted by Gasteiger charge is 2.21. The van der Waals surface area contributed by atoms with Crippen LogP contribution in [-0.4, -0.2) is 48.4 Å². The lowest BCUT2D eigenvalue weighted by atomic mass is 10.0. The third kappa shape index (κ3) is 4.12. The Hall–Kier alpha value is -0.570. The Kier molecular flexibility index (Phi) is 5.81. The quantitative estimate of drug-likeness (QED) is 0.715. The largest absolute Gasteiger partial charge is 0.340 e. The highest BCUT2D eigenvalue weighted by atomic mass is 16.2. The smallest absolute Gasteiger partial charge is 0.222 e. The molecule has 16 heavy (non-hydrogen) atoms. The molecule has 0 bridgehead atoms. The number of rotatable bonds is 5. The highest BCUT2D eigenvalue weighted by Crippen LogP contribution is 2.11. The van der Waals surface area contributed by atoms with Crippen LogP contribution in [0, 0.1) is 5.92 Å². The minimum atomic E-state index is 0.352. The van der Waals surface area contributed by atoms with Crippen molar-refractivity contribution in [2.75, 3.05) is 32.7 Å². The zero-order chi connectivity index (χ0) is 12.0. The predicted molar refractivity (Wildman–Crippen MR) is 67.4 cm³/mol. The van der Waals surface area contributed by atoms with Gasteiger partial charge in [0.2, 0.25) is 5.91 Å². The van der Waals surface area contributed by atoms with Crippen molar-refractivity contribution in [1.29, 1.82) is 0 Å². The van der Waals surface area contributed by atoms with Gasteiger partial charge in [0.15, 0.2) is 0 Å². The van der Waals surface area contributed by atoms with E-state index in [1.165, 1.54) is 13.0 Å². The van der Waals surface area contributed by atoms with Crippen LogP contribution in [0.4, 0.5) is 0 Å². The molecule has 1 atom stereocenters. The fourth-order valence-electron chi connectivity index (χ4n) is 2.11. The van der Waals surface area contributed by atoms with Crippen molar-refractivity contribution in [1.82, 2.24) is 9.80 Å². The molecule has 1 rings (SSSR count). The molecule has 1 heterocycles. The maximum absolute atomic E-state index is 11.9. The summed E-state index contributed by atoms with van der Waals surface area (Å²) in [7, 11) is 0. The molecule has 1 amide bonds. The number of amides is 1. The molecule has 1 aliphatic heterocycles. The predicted octanol–water partition coefficient (Wildman–Crippen LogP) is 1.98. The monoisotopic (exact) mass is 226 g/mol. The van der Waals surface area contributed by atoms with Crippen LogP contribution in [0.5, 0.6) is 0 Å². The Bertz CT molecular complexity index is 210. The molecule has 0 aromatic rings.